The molecule has 1 atom stereocenters. The van der Waals surface area contributed by atoms with Gasteiger partial charge in [-0.3, -0.25) is 4.98 Å². The molecule has 0 radical (unpaired) electrons. The van der Waals surface area contributed by atoms with E-state index in [0.717, 1.165) is 0 Å². The zero-order valence-electron chi connectivity index (χ0n) is 15.5. The van der Waals surface area contributed by atoms with Crippen LogP contribution in [0.15, 0.2) is 73.2 Å². The Kier molecular flexibility index (Phi) is 5.18. The molecule has 0 aliphatic rings. The molecule has 0 aliphatic heterocycles. The maximum Gasteiger partial charge on any atom is 0.132 e. The summed E-state index contributed by atoms with van der Waals surface area (Å²) in [6, 6.07) is 14.1. The van der Waals surface area contributed by atoms with Crippen molar-refractivity contribution in [2.24, 2.45) is 7.05 Å². The highest BCUT2D eigenvalue weighted by Crippen LogP contribution is 2.42. The molecule has 4 aromatic rings. The van der Waals surface area contributed by atoms with E-state index in [9.17, 15) is 13.9 Å². The Morgan fingerprint density at radius 1 is 0.966 bits per heavy atom. The van der Waals surface area contributed by atoms with E-state index in [0.29, 0.717) is 27.9 Å². The SMILES string of the molecule is Cn1cc(-c2ccc(Cl)cc2F)c(C(O)c2cccnc2)c1-c1ccccc1F. The van der Waals surface area contributed by atoms with E-state index in [4.69, 9.17) is 11.6 Å². The van der Waals surface area contributed by atoms with Gasteiger partial charge in [0.05, 0.1) is 5.69 Å². The number of aliphatic hydroxyl groups is 1. The van der Waals surface area contributed by atoms with Crippen LogP contribution in [0, 0.1) is 11.6 Å². The molecule has 2 aromatic carbocycles. The van der Waals surface area contributed by atoms with Gasteiger partial charge in [0.15, 0.2) is 0 Å². The van der Waals surface area contributed by atoms with Crippen LogP contribution in [0.1, 0.15) is 17.2 Å². The average molecular weight is 411 g/mol. The van der Waals surface area contributed by atoms with Gasteiger partial charge in [-0.15, -0.1) is 0 Å². The number of halogens is 3. The molecular formula is C23H17ClF2N2O. The van der Waals surface area contributed by atoms with Crippen molar-refractivity contribution in [2.45, 2.75) is 6.10 Å². The van der Waals surface area contributed by atoms with Crippen molar-refractivity contribution >= 4 is 11.6 Å². The third-order valence-electron chi connectivity index (χ3n) is 4.84. The van der Waals surface area contributed by atoms with E-state index in [1.807, 2.05) is 0 Å². The third kappa shape index (κ3) is 3.55. The number of rotatable bonds is 4. The summed E-state index contributed by atoms with van der Waals surface area (Å²) in [5, 5.41) is 11.5. The minimum absolute atomic E-state index is 0.269. The fourth-order valence-electron chi connectivity index (χ4n) is 3.54. The van der Waals surface area contributed by atoms with Gasteiger partial charge in [-0.25, -0.2) is 8.78 Å². The highest BCUT2D eigenvalue weighted by atomic mass is 35.5. The van der Waals surface area contributed by atoms with Gasteiger partial charge in [0, 0.05) is 58.5 Å². The minimum Gasteiger partial charge on any atom is -0.383 e. The van der Waals surface area contributed by atoms with Crippen LogP contribution in [0.25, 0.3) is 22.4 Å². The molecule has 2 heterocycles. The predicted octanol–water partition coefficient (Wildman–Crippen LogP) is 5.77. The summed E-state index contributed by atoms with van der Waals surface area (Å²) in [7, 11) is 1.73. The molecule has 0 aliphatic carbocycles. The first-order valence-electron chi connectivity index (χ1n) is 8.95. The molecule has 1 unspecified atom stereocenters. The lowest BCUT2D eigenvalue weighted by Crippen LogP contribution is -2.05. The Labute approximate surface area is 171 Å². The standard InChI is InChI=1S/C23H17ClF2N2O/c1-28-13-18(16-9-8-15(24)11-20(16)26)21(23(29)14-5-4-10-27-12-14)22(28)17-6-2-3-7-19(17)25/h2-13,23,29H,1H3. The van der Waals surface area contributed by atoms with E-state index >= 15 is 0 Å². The van der Waals surface area contributed by atoms with Crippen molar-refractivity contribution in [3.05, 3.63) is 101 Å². The zero-order valence-corrected chi connectivity index (χ0v) is 16.2. The highest BCUT2D eigenvalue weighted by Gasteiger charge is 2.27. The normalized spacial score (nSPS) is 12.2. The van der Waals surface area contributed by atoms with Crippen molar-refractivity contribution in [1.82, 2.24) is 9.55 Å². The summed E-state index contributed by atoms with van der Waals surface area (Å²) < 4.78 is 31.1. The lowest BCUT2D eigenvalue weighted by molar-refractivity contribution is 0.221. The summed E-state index contributed by atoms with van der Waals surface area (Å²) in [4.78, 5) is 4.06. The Balaban J connectivity index is 2.02. The van der Waals surface area contributed by atoms with Crippen molar-refractivity contribution < 1.29 is 13.9 Å². The molecule has 0 spiro atoms. The van der Waals surface area contributed by atoms with E-state index < -0.39 is 17.7 Å². The van der Waals surface area contributed by atoms with Gasteiger partial charge in [0.2, 0.25) is 0 Å². The van der Waals surface area contributed by atoms with Gasteiger partial charge < -0.3 is 9.67 Å². The van der Waals surface area contributed by atoms with Crippen LogP contribution in [0.3, 0.4) is 0 Å². The van der Waals surface area contributed by atoms with Gasteiger partial charge in [-0.1, -0.05) is 29.8 Å². The number of pyridine rings is 1. The molecule has 4 rings (SSSR count). The van der Waals surface area contributed by atoms with Crippen LogP contribution in [-0.4, -0.2) is 14.7 Å². The molecule has 29 heavy (non-hydrogen) atoms. The maximum atomic E-state index is 14.7. The van der Waals surface area contributed by atoms with E-state index in [2.05, 4.69) is 4.98 Å². The first-order chi connectivity index (χ1) is 14.0. The fourth-order valence-corrected chi connectivity index (χ4v) is 3.70. The first kappa shape index (κ1) is 19.3. The number of hydrogen-bond donors (Lipinski definition) is 1. The lowest BCUT2D eigenvalue weighted by atomic mass is 9.92. The van der Waals surface area contributed by atoms with Gasteiger partial charge in [-0.2, -0.15) is 0 Å². The molecule has 1 N–H and O–H groups in total. The summed E-state index contributed by atoms with van der Waals surface area (Å²) in [5.74, 6) is -0.959. The number of nitrogens with zero attached hydrogens (tertiary/aromatic N) is 2. The quantitative estimate of drug-likeness (QED) is 0.464. The second-order valence-corrected chi connectivity index (χ2v) is 7.15. The van der Waals surface area contributed by atoms with Crippen LogP contribution in [-0.2, 0) is 7.05 Å². The topological polar surface area (TPSA) is 38.0 Å². The summed E-state index contributed by atoms with van der Waals surface area (Å²) in [6.07, 6.45) is 3.68. The summed E-state index contributed by atoms with van der Waals surface area (Å²) in [5.41, 5.74) is 2.41. The number of aliphatic hydroxyl groups excluding tert-OH is 1. The monoisotopic (exact) mass is 410 g/mol. The molecule has 146 valence electrons. The third-order valence-corrected chi connectivity index (χ3v) is 5.08. The van der Waals surface area contributed by atoms with Crippen molar-refractivity contribution in [3.63, 3.8) is 0 Å². The van der Waals surface area contributed by atoms with Crippen LogP contribution < -0.4 is 0 Å². The Morgan fingerprint density at radius 3 is 2.45 bits per heavy atom. The van der Waals surface area contributed by atoms with Crippen molar-refractivity contribution in [3.8, 4) is 22.4 Å². The van der Waals surface area contributed by atoms with Crippen molar-refractivity contribution in [1.29, 1.82) is 0 Å². The van der Waals surface area contributed by atoms with Crippen molar-refractivity contribution in [2.75, 3.05) is 0 Å². The first-order valence-corrected chi connectivity index (χ1v) is 9.32. The number of benzene rings is 2. The largest absolute Gasteiger partial charge is 0.383 e. The molecule has 6 heteroatoms. The fraction of sp³-hybridized carbons (Fsp3) is 0.0870. The molecule has 2 aromatic heterocycles. The van der Waals surface area contributed by atoms with E-state index in [-0.39, 0.29) is 10.6 Å². The van der Waals surface area contributed by atoms with Crippen LogP contribution in [0.5, 0.6) is 0 Å². The lowest BCUT2D eigenvalue weighted by Gasteiger charge is -2.17. The van der Waals surface area contributed by atoms with Crippen LogP contribution in [0.2, 0.25) is 5.02 Å². The second kappa shape index (κ2) is 7.78. The van der Waals surface area contributed by atoms with Crippen LogP contribution >= 0.6 is 11.6 Å². The van der Waals surface area contributed by atoms with E-state index in [1.54, 1.807) is 66.5 Å². The molecule has 0 amide bonds. The molecule has 0 saturated carbocycles. The second-order valence-electron chi connectivity index (χ2n) is 6.71. The molecule has 3 nitrogen and oxygen atoms in total. The summed E-state index contributed by atoms with van der Waals surface area (Å²) in [6.45, 7) is 0. The molecule has 0 saturated heterocycles. The Hall–Kier alpha value is -3.02. The number of hydrogen-bond acceptors (Lipinski definition) is 2. The van der Waals surface area contributed by atoms with Gasteiger partial charge in [0.1, 0.15) is 17.7 Å². The number of aryl methyl sites for hydroxylation is 1. The van der Waals surface area contributed by atoms with Gasteiger partial charge in [0.25, 0.3) is 0 Å². The predicted molar refractivity (Wildman–Crippen MR) is 110 cm³/mol. The molecule has 0 bridgehead atoms. The van der Waals surface area contributed by atoms with Gasteiger partial charge in [-0.05, 0) is 36.4 Å². The maximum absolute atomic E-state index is 14.7. The zero-order chi connectivity index (χ0) is 20.5. The van der Waals surface area contributed by atoms with Gasteiger partial charge >= 0.3 is 0 Å². The molecule has 0 fully saturated rings. The average Bonchev–Trinajstić information content (AvgIpc) is 3.05. The number of aromatic nitrogens is 2. The molecular weight excluding hydrogens is 394 g/mol. The van der Waals surface area contributed by atoms with Crippen LogP contribution in [0.4, 0.5) is 8.78 Å². The summed E-state index contributed by atoms with van der Waals surface area (Å²) >= 11 is 5.90. The Morgan fingerprint density at radius 2 is 1.76 bits per heavy atom. The smallest absolute Gasteiger partial charge is 0.132 e. The highest BCUT2D eigenvalue weighted by molar-refractivity contribution is 6.30. The Bertz CT molecular complexity index is 1170. The minimum atomic E-state index is -1.13. The van der Waals surface area contributed by atoms with E-state index in [1.165, 1.54) is 18.3 Å².